The van der Waals surface area contributed by atoms with Crippen LogP contribution in [0, 0.1) is 6.65 Å². The fraction of sp³-hybridized carbons (Fsp3) is 0.435. The summed E-state index contributed by atoms with van der Waals surface area (Å²) in [6.45, 7) is 14.3. The van der Waals surface area contributed by atoms with E-state index >= 15 is 0 Å². The molecule has 0 aliphatic carbocycles. The van der Waals surface area contributed by atoms with Gasteiger partial charge in [0, 0.05) is 12.1 Å². The van der Waals surface area contributed by atoms with Gasteiger partial charge in [0.15, 0.2) is 0 Å². The van der Waals surface area contributed by atoms with E-state index in [0.717, 1.165) is 0 Å². The molecule has 2 aromatic rings. The van der Waals surface area contributed by atoms with E-state index in [2.05, 4.69) is 62.0 Å². The fourth-order valence-electron chi connectivity index (χ4n) is 2.49. The first-order valence-corrected chi connectivity index (χ1v) is 9.12. The summed E-state index contributed by atoms with van der Waals surface area (Å²) in [6.07, 6.45) is 1.19. The molecule has 0 unspecified atom stereocenters. The van der Waals surface area contributed by atoms with Crippen LogP contribution in [0.3, 0.4) is 0 Å². The summed E-state index contributed by atoms with van der Waals surface area (Å²) in [7, 11) is 5.95. The molecule has 0 saturated carbocycles. The number of benzene rings is 2. The summed E-state index contributed by atoms with van der Waals surface area (Å²) in [5.41, 5.74) is 3.21. The van der Waals surface area contributed by atoms with Crippen molar-refractivity contribution < 1.29 is 4.65 Å². The Labute approximate surface area is 161 Å². The molecule has 1 aliphatic rings. The van der Waals surface area contributed by atoms with Crippen LogP contribution in [0.25, 0.3) is 0 Å². The van der Waals surface area contributed by atoms with Gasteiger partial charge in [-0.05, 0) is 52.5 Å². The Morgan fingerprint density at radius 3 is 1.69 bits per heavy atom. The molecule has 26 heavy (non-hydrogen) atoms. The summed E-state index contributed by atoms with van der Waals surface area (Å²) in [5, 5.41) is 2.75. The number of hydrogen-bond donors (Lipinski definition) is 1. The topological polar surface area (TPSA) is 35.2 Å². The zero-order valence-electron chi connectivity index (χ0n) is 17.5. The van der Waals surface area contributed by atoms with Crippen molar-refractivity contribution in [3.05, 3.63) is 78.4 Å². The van der Waals surface area contributed by atoms with Crippen molar-refractivity contribution in [3.8, 4) is 0 Å². The summed E-state index contributed by atoms with van der Waals surface area (Å²) < 4.78 is 7.50. The summed E-state index contributed by atoms with van der Waals surface area (Å²) >= 11 is 0. The van der Waals surface area contributed by atoms with E-state index in [-0.39, 0.29) is 5.54 Å². The molecule has 1 heterocycles. The Morgan fingerprint density at radius 1 is 0.885 bits per heavy atom. The van der Waals surface area contributed by atoms with Gasteiger partial charge in [-0.25, -0.2) is 0 Å². The Balaban J connectivity index is 0. The van der Waals surface area contributed by atoms with Crippen LogP contribution < -0.4 is 5.32 Å². The molecule has 3 heteroatoms. The SMILES string of the molecule is CC.CN1CCc2ccccc2C1(C)C.CNC.[C-]#[O+].c1ccccc1. The van der Waals surface area contributed by atoms with E-state index in [1.54, 1.807) is 0 Å². The smallest absolute Gasteiger partial charge is 0.0623 e. The van der Waals surface area contributed by atoms with E-state index in [0.29, 0.717) is 0 Å². The third kappa shape index (κ3) is 9.55. The van der Waals surface area contributed by atoms with Crippen molar-refractivity contribution in [1.29, 1.82) is 0 Å². The van der Waals surface area contributed by atoms with Crippen molar-refractivity contribution >= 4 is 0 Å². The molecule has 0 saturated heterocycles. The molecule has 2 aromatic carbocycles. The average Bonchev–Trinajstić information content (AvgIpc) is 2.71. The fourth-order valence-corrected chi connectivity index (χ4v) is 2.49. The predicted octanol–water partition coefficient (Wildman–Crippen LogP) is 4.92. The molecule has 0 bridgehead atoms. The molecular formula is C23H36N2O. The Hall–Kier alpha value is -1.90. The van der Waals surface area contributed by atoms with Crippen molar-refractivity contribution in [2.45, 2.75) is 39.7 Å². The normalized spacial score (nSPS) is 13.4. The van der Waals surface area contributed by atoms with Crippen molar-refractivity contribution in [2.24, 2.45) is 0 Å². The van der Waals surface area contributed by atoms with Crippen LogP contribution in [-0.2, 0) is 16.6 Å². The molecule has 1 N–H and O–H groups in total. The Morgan fingerprint density at radius 2 is 1.27 bits per heavy atom. The molecule has 0 atom stereocenters. The van der Waals surface area contributed by atoms with Gasteiger partial charge in [0.05, 0.1) is 0 Å². The average molecular weight is 357 g/mol. The van der Waals surface area contributed by atoms with Gasteiger partial charge in [-0.1, -0.05) is 74.5 Å². The second kappa shape index (κ2) is 16.6. The largest absolute Gasteiger partial charge is 0.0623 e. The van der Waals surface area contributed by atoms with Gasteiger partial charge in [0.1, 0.15) is 0 Å². The minimum atomic E-state index is 0.203. The van der Waals surface area contributed by atoms with Gasteiger partial charge in [0.25, 0.3) is 0 Å². The number of fused-ring (bicyclic) bond motifs is 1. The molecule has 0 radical (unpaired) electrons. The van der Waals surface area contributed by atoms with Crippen LogP contribution in [-0.4, -0.2) is 32.6 Å². The van der Waals surface area contributed by atoms with Crippen LogP contribution in [0.5, 0.6) is 0 Å². The molecule has 0 aromatic heterocycles. The second-order valence-corrected chi connectivity index (χ2v) is 6.04. The Kier molecular flexibility index (Phi) is 16.8. The van der Waals surface area contributed by atoms with Crippen LogP contribution in [0.1, 0.15) is 38.8 Å². The molecule has 0 fully saturated rings. The maximum absolute atomic E-state index is 7.50. The number of hydrogen-bond acceptors (Lipinski definition) is 2. The van der Waals surface area contributed by atoms with E-state index in [4.69, 9.17) is 4.65 Å². The second-order valence-electron chi connectivity index (χ2n) is 6.04. The minimum absolute atomic E-state index is 0.203. The number of nitrogens with zero attached hydrogens (tertiary/aromatic N) is 1. The zero-order chi connectivity index (χ0) is 20.4. The third-order valence-electron chi connectivity index (χ3n) is 4.01. The predicted molar refractivity (Wildman–Crippen MR) is 113 cm³/mol. The first-order chi connectivity index (χ1) is 12.5. The van der Waals surface area contributed by atoms with Gasteiger partial charge in [-0.3, -0.25) is 4.90 Å². The maximum Gasteiger partial charge on any atom is -0.0623 e. The first-order valence-electron chi connectivity index (χ1n) is 9.12. The quantitative estimate of drug-likeness (QED) is 0.537. The summed E-state index contributed by atoms with van der Waals surface area (Å²) in [5.74, 6) is 0. The van der Waals surface area contributed by atoms with Gasteiger partial charge < -0.3 is 5.32 Å². The summed E-state index contributed by atoms with van der Waals surface area (Å²) in [4.78, 5) is 2.43. The number of rotatable bonds is 0. The molecule has 0 amide bonds. The molecule has 0 spiro atoms. The van der Waals surface area contributed by atoms with Crippen LogP contribution in [0.15, 0.2) is 60.7 Å². The van der Waals surface area contributed by atoms with Crippen LogP contribution in [0.2, 0.25) is 0 Å². The minimum Gasteiger partial charge on any atom is -0.0623 e. The first kappa shape index (κ1) is 26.3. The van der Waals surface area contributed by atoms with Gasteiger partial charge in [-0.15, -0.1) is 0 Å². The van der Waals surface area contributed by atoms with E-state index in [1.807, 2.05) is 64.3 Å². The maximum atomic E-state index is 7.50. The standard InChI is InChI=1S/C12H17N.C6H6.C2H7N.C2H6.CO/c1-12(2)11-7-5-4-6-10(11)8-9-13(12)3;1-2-4-6-5-3-1;1-3-2;2*1-2/h4-7H,8-9H2,1-3H3;1-6H;3H,1-2H3;1-2H3;. The van der Waals surface area contributed by atoms with E-state index in [9.17, 15) is 0 Å². The Bertz CT molecular complexity index is 538. The molecule has 1 aliphatic heterocycles. The van der Waals surface area contributed by atoms with Crippen molar-refractivity contribution in [1.82, 2.24) is 10.2 Å². The van der Waals surface area contributed by atoms with Crippen molar-refractivity contribution in [2.75, 3.05) is 27.7 Å². The van der Waals surface area contributed by atoms with Crippen LogP contribution >= 0.6 is 0 Å². The van der Waals surface area contributed by atoms with Crippen LogP contribution in [0.4, 0.5) is 0 Å². The number of likely N-dealkylation sites (N-methyl/N-ethyl adjacent to an activating group) is 1. The third-order valence-corrected chi connectivity index (χ3v) is 4.01. The summed E-state index contributed by atoms with van der Waals surface area (Å²) in [6, 6.07) is 20.8. The van der Waals surface area contributed by atoms with E-state index < -0.39 is 0 Å². The van der Waals surface area contributed by atoms with E-state index in [1.165, 1.54) is 24.1 Å². The van der Waals surface area contributed by atoms with Crippen molar-refractivity contribution in [3.63, 3.8) is 0 Å². The zero-order valence-corrected chi connectivity index (χ0v) is 17.5. The van der Waals surface area contributed by atoms with Gasteiger partial charge in [0.2, 0.25) is 0 Å². The molecule has 144 valence electrons. The molecular weight excluding hydrogens is 320 g/mol. The number of nitrogens with one attached hydrogen (secondary N) is 1. The van der Waals surface area contributed by atoms with Gasteiger partial charge >= 0.3 is 11.3 Å². The monoisotopic (exact) mass is 356 g/mol. The molecule has 3 nitrogen and oxygen atoms in total. The van der Waals surface area contributed by atoms with Gasteiger partial charge in [-0.2, -0.15) is 0 Å². The molecule has 3 rings (SSSR count).